The van der Waals surface area contributed by atoms with Gasteiger partial charge in [-0.05, 0) is 49.2 Å². The molecule has 0 aliphatic carbocycles. The molecule has 0 spiro atoms. The minimum Gasteiger partial charge on any atom is -0.495 e. The number of piperidine rings is 1. The number of sulfonamides is 1. The fourth-order valence-corrected chi connectivity index (χ4v) is 4.87. The Hall–Kier alpha value is -2.52. The number of hydrogen-bond donors (Lipinski definition) is 1. The fourth-order valence-electron chi connectivity index (χ4n) is 3.18. The van der Waals surface area contributed by atoms with E-state index in [1.165, 1.54) is 31.4 Å². The Morgan fingerprint density at radius 3 is 2.64 bits per heavy atom. The third kappa shape index (κ3) is 4.31. The van der Waals surface area contributed by atoms with E-state index < -0.39 is 33.5 Å². The lowest BCUT2D eigenvalue weighted by molar-refractivity contribution is -0.120. The van der Waals surface area contributed by atoms with Gasteiger partial charge in [-0.3, -0.25) is 4.79 Å². The zero-order chi connectivity index (χ0) is 20.3. The second-order valence-electron chi connectivity index (χ2n) is 6.50. The van der Waals surface area contributed by atoms with Crippen molar-refractivity contribution in [2.75, 3.05) is 25.5 Å². The number of halogens is 2. The summed E-state index contributed by atoms with van der Waals surface area (Å²) >= 11 is 0. The monoisotopic (exact) mass is 410 g/mol. The Labute approximate surface area is 162 Å². The van der Waals surface area contributed by atoms with Gasteiger partial charge in [-0.15, -0.1) is 0 Å². The summed E-state index contributed by atoms with van der Waals surface area (Å²) in [4.78, 5) is 12.2. The molecular formula is C19H20F2N2O4S. The van der Waals surface area contributed by atoms with Crippen molar-refractivity contribution in [3.8, 4) is 5.75 Å². The Morgan fingerprint density at radius 1 is 1.18 bits per heavy atom. The Morgan fingerprint density at radius 2 is 1.93 bits per heavy atom. The van der Waals surface area contributed by atoms with Crippen LogP contribution >= 0.6 is 0 Å². The summed E-state index contributed by atoms with van der Waals surface area (Å²) < 4.78 is 59.1. The van der Waals surface area contributed by atoms with Crippen LogP contribution in [0.3, 0.4) is 0 Å². The van der Waals surface area contributed by atoms with Crippen LogP contribution in [0.25, 0.3) is 0 Å². The van der Waals surface area contributed by atoms with E-state index in [0.29, 0.717) is 18.5 Å². The summed E-state index contributed by atoms with van der Waals surface area (Å²) in [6, 6.07) is 8.74. The molecule has 1 heterocycles. The van der Waals surface area contributed by atoms with E-state index >= 15 is 0 Å². The number of rotatable bonds is 5. The molecule has 150 valence electrons. The van der Waals surface area contributed by atoms with Gasteiger partial charge in [0.05, 0.1) is 13.0 Å². The molecule has 0 bridgehead atoms. The first kappa shape index (κ1) is 20.2. The van der Waals surface area contributed by atoms with E-state index in [0.717, 1.165) is 16.4 Å². The molecular weight excluding hydrogens is 390 g/mol. The molecule has 1 aliphatic heterocycles. The summed E-state index contributed by atoms with van der Waals surface area (Å²) in [5.41, 5.74) is 0.303. The molecule has 1 amide bonds. The standard InChI is InChI=1S/C19H20F2N2O4S/c1-27-17-8-7-15(21)11-18(17)28(25,26)23-9-3-4-13(12-23)19(24)22-16-6-2-5-14(20)10-16/h2,5-8,10-11,13H,3-4,9,12H2,1H3,(H,22,24)/t13-/m0/s1. The van der Waals surface area contributed by atoms with Crippen LogP contribution in [0.2, 0.25) is 0 Å². The highest BCUT2D eigenvalue weighted by Gasteiger charge is 2.35. The van der Waals surface area contributed by atoms with E-state index in [4.69, 9.17) is 4.74 Å². The maximum atomic E-state index is 13.6. The van der Waals surface area contributed by atoms with Gasteiger partial charge < -0.3 is 10.1 Å². The largest absolute Gasteiger partial charge is 0.495 e. The molecule has 9 heteroatoms. The highest BCUT2D eigenvalue weighted by molar-refractivity contribution is 7.89. The number of methoxy groups -OCH3 is 1. The van der Waals surface area contributed by atoms with Gasteiger partial charge in [0.2, 0.25) is 15.9 Å². The van der Waals surface area contributed by atoms with Crippen molar-refractivity contribution in [1.82, 2.24) is 4.31 Å². The van der Waals surface area contributed by atoms with Crippen LogP contribution in [0, 0.1) is 17.6 Å². The molecule has 0 aromatic heterocycles. The zero-order valence-electron chi connectivity index (χ0n) is 15.2. The maximum absolute atomic E-state index is 13.6. The van der Waals surface area contributed by atoms with Crippen LogP contribution in [-0.2, 0) is 14.8 Å². The van der Waals surface area contributed by atoms with E-state index in [-0.39, 0.29) is 23.7 Å². The molecule has 1 aliphatic rings. The van der Waals surface area contributed by atoms with Gasteiger partial charge in [-0.1, -0.05) is 6.07 Å². The van der Waals surface area contributed by atoms with Crippen molar-refractivity contribution in [3.05, 3.63) is 54.1 Å². The molecule has 1 fully saturated rings. The molecule has 2 aromatic rings. The molecule has 0 unspecified atom stereocenters. The average molecular weight is 410 g/mol. The summed E-state index contributed by atoms with van der Waals surface area (Å²) in [7, 11) is -2.74. The third-order valence-corrected chi connectivity index (χ3v) is 6.48. The van der Waals surface area contributed by atoms with Gasteiger partial charge in [0.1, 0.15) is 22.3 Å². The summed E-state index contributed by atoms with van der Waals surface area (Å²) in [6.45, 7) is 0.162. The summed E-state index contributed by atoms with van der Waals surface area (Å²) in [5.74, 6) is -2.14. The summed E-state index contributed by atoms with van der Waals surface area (Å²) in [6.07, 6.45) is 0.964. The minimum atomic E-state index is -4.04. The van der Waals surface area contributed by atoms with Gasteiger partial charge in [-0.25, -0.2) is 17.2 Å². The van der Waals surface area contributed by atoms with Crippen molar-refractivity contribution < 1.29 is 26.7 Å². The predicted octanol–water partition coefficient (Wildman–Crippen LogP) is 3.01. The number of carbonyl (C=O) groups is 1. The van der Waals surface area contributed by atoms with Crippen molar-refractivity contribution in [2.45, 2.75) is 17.7 Å². The molecule has 0 radical (unpaired) electrons. The van der Waals surface area contributed by atoms with Crippen molar-refractivity contribution in [3.63, 3.8) is 0 Å². The predicted molar refractivity (Wildman–Crippen MR) is 99.5 cm³/mol. The zero-order valence-corrected chi connectivity index (χ0v) is 16.0. The van der Waals surface area contributed by atoms with Crippen molar-refractivity contribution in [2.24, 2.45) is 5.92 Å². The van der Waals surface area contributed by atoms with E-state index in [9.17, 15) is 22.0 Å². The topological polar surface area (TPSA) is 75.7 Å². The van der Waals surface area contributed by atoms with Gasteiger partial charge in [0.15, 0.2) is 0 Å². The molecule has 1 atom stereocenters. The van der Waals surface area contributed by atoms with Crippen LogP contribution < -0.4 is 10.1 Å². The first-order valence-electron chi connectivity index (χ1n) is 8.71. The molecule has 6 nitrogen and oxygen atoms in total. The van der Waals surface area contributed by atoms with E-state index in [1.807, 2.05) is 0 Å². The highest BCUT2D eigenvalue weighted by Crippen LogP contribution is 2.30. The third-order valence-electron chi connectivity index (χ3n) is 4.59. The lowest BCUT2D eigenvalue weighted by Gasteiger charge is -2.31. The molecule has 1 saturated heterocycles. The Kier molecular flexibility index (Phi) is 5.95. The molecule has 1 N–H and O–H groups in total. The average Bonchev–Trinajstić information content (AvgIpc) is 2.68. The SMILES string of the molecule is COc1ccc(F)cc1S(=O)(=O)N1CCC[C@H](C(=O)Nc2cccc(F)c2)C1. The van der Waals surface area contributed by atoms with Crippen LogP contribution in [0.1, 0.15) is 12.8 Å². The fraction of sp³-hybridized carbons (Fsp3) is 0.316. The number of benzene rings is 2. The lowest BCUT2D eigenvalue weighted by atomic mass is 9.99. The second kappa shape index (κ2) is 8.24. The second-order valence-corrected chi connectivity index (χ2v) is 8.40. The maximum Gasteiger partial charge on any atom is 0.246 e. The van der Waals surface area contributed by atoms with Crippen LogP contribution in [0.15, 0.2) is 47.4 Å². The molecule has 28 heavy (non-hydrogen) atoms. The first-order valence-corrected chi connectivity index (χ1v) is 10.2. The molecule has 3 rings (SSSR count). The van der Waals surface area contributed by atoms with Gasteiger partial charge >= 0.3 is 0 Å². The first-order chi connectivity index (χ1) is 13.3. The van der Waals surface area contributed by atoms with Gasteiger partial charge in [0.25, 0.3) is 0 Å². The molecule has 2 aromatic carbocycles. The van der Waals surface area contributed by atoms with Crippen LogP contribution in [0.4, 0.5) is 14.5 Å². The van der Waals surface area contributed by atoms with Gasteiger partial charge in [0, 0.05) is 18.8 Å². The quantitative estimate of drug-likeness (QED) is 0.822. The number of amides is 1. The molecule has 0 saturated carbocycles. The normalized spacial score (nSPS) is 17.9. The van der Waals surface area contributed by atoms with Crippen molar-refractivity contribution in [1.29, 1.82) is 0 Å². The van der Waals surface area contributed by atoms with Crippen molar-refractivity contribution >= 4 is 21.6 Å². The number of hydrogen-bond acceptors (Lipinski definition) is 4. The number of anilines is 1. The number of carbonyl (C=O) groups excluding carboxylic acids is 1. The van der Waals surface area contributed by atoms with E-state index in [1.54, 1.807) is 6.07 Å². The number of ether oxygens (including phenoxy) is 1. The van der Waals surface area contributed by atoms with Crippen LogP contribution in [0.5, 0.6) is 5.75 Å². The van der Waals surface area contributed by atoms with Gasteiger partial charge in [-0.2, -0.15) is 4.31 Å². The van der Waals surface area contributed by atoms with E-state index in [2.05, 4.69) is 5.32 Å². The summed E-state index contributed by atoms with van der Waals surface area (Å²) in [5, 5.41) is 2.61. The number of nitrogens with one attached hydrogen (secondary N) is 1. The van der Waals surface area contributed by atoms with Crippen LogP contribution in [-0.4, -0.2) is 38.8 Å². The highest BCUT2D eigenvalue weighted by atomic mass is 32.2. The Bertz CT molecular complexity index is 982. The minimum absolute atomic E-state index is 0.0349. The lowest BCUT2D eigenvalue weighted by Crippen LogP contribution is -2.43. The Balaban J connectivity index is 1.79. The smallest absolute Gasteiger partial charge is 0.246 e. The number of nitrogens with zero attached hydrogens (tertiary/aromatic N) is 1.